The molecule has 0 atom stereocenters. The third-order valence-electron chi connectivity index (χ3n) is 6.07. The molecule has 6 rings (SSSR count). The molecule has 0 spiro atoms. The molecule has 164 valence electrons. The smallest absolute Gasteiger partial charge is 0.162 e. The van der Waals surface area contributed by atoms with E-state index in [2.05, 4.69) is 94.5 Å². The van der Waals surface area contributed by atoms with Crippen molar-refractivity contribution in [2.45, 2.75) is 0 Å². The maximum absolute atomic E-state index is 5.42. The number of aromatic nitrogens is 3. The molecule has 0 aliphatic carbocycles. The van der Waals surface area contributed by atoms with Crippen LogP contribution in [-0.4, -0.2) is 21.6 Å². The summed E-state index contributed by atoms with van der Waals surface area (Å²) in [6.45, 7) is 0. The van der Waals surface area contributed by atoms with Crippen molar-refractivity contribution in [3.05, 3.63) is 115 Å². The lowest BCUT2D eigenvalue weighted by Gasteiger charge is -2.13. The van der Waals surface area contributed by atoms with E-state index in [1.165, 1.54) is 0 Å². The van der Waals surface area contributed by atoms with Gasteiger partial charge in [0.1, 0.15) is 5.75 Å². The van der Waals surface area contributed by atoms with Crippen LogP contribution in [0, 0.1) is 0 Å². The fraction of sp³-hybridized carbons (Fsp3) is 0.0333. The van der Waals surface area contributed by atoms with Crippen molar-refractivity contribution in [3.63, 3.8) is 0 Å². The summed E-state index contributed by atoms with van der Waals surface area (Å²) in [5.74, 6) is 1.68. The summed E-state index contributed by atoms with van der Waals surface area (Å²) in [6, 6.07) is 39.4. The minimum absolute atomic E-state index is 0.820. The first-order chi connectivity index (χ1) is 16.8. The molecule has 0 aliphatic heterocycles. The molecule has 4 aromatic carbocycles. The van der Waals surface area contributed by atoms with Crippen molar-refractivity contribution in [3.8, 4) is 45.5 Å². The Balaban J connectivity index is 1.69. The second-order valence-corrected chi connectivity index (χ2v) is 8.17. The number of hydrogen-bond acceptors (Lipinski definition) is 2. The summed E-state index contributed by atoms with van der Waals surface area (Å²) in [5.41, 5.74) is 7.24. The lowest BCUT2D eigenvalue weighted by atomic mass is 10.0. The average Bonchev–Trinajstić information content (AvgIpc) is 3.52. The van der Waals surface area contributed by atoms with Gasteiger partial charge in [0.15, 0.2) is 5.82 Å². The van der Waals surface area contributed by atoms with Crippen molar-refractivity contribution in [2.75, 3.05) is 7.11 Å². The minimum atomic E-state index is 0.820. The van der Waals surface area contributed by atoms with Crippen LogP contribution in [0.25, 0.3) is 50.6 Å². The number of aromatic amines is 1. The zero-order valence-corrected chi connectivity index (χ0v) is 18.8. The topological polar surface area (TPSA) is 42.8 Å². The van der Waals surface area contributed by atoms with Crippen LogP contribution in [0.2, 0.25) is 0 Å². The first-order valence-electron chi connectivity index (χ1n) is 11.3. The maximum atomic E-state index is 5.42. The van der Waals surface area contributed by atoms with Gasteiger partial charge in [-0.25, -0.2) is 4.98 Å². The van der Waals surface area contributed by atoms with E-state index in [0.717, 1.165) is 56.4 Å². The Morgan fingerprint density at radius 3 is 2.03 bits per heavy atom. The molecule has 0 fully saturated rings. The van der Waals surface area contributed by atoms with Crippen LogP contribution < -0.4 is 4.74 Å². The van der Waals surface area contributed by atoms with Crippen LogP contribution in [0.15, 0.2) is 115 Å². The Morgan fingerprint density at radius 2 is 1.35 bits per heavy atom. The van der Waals surface area contributed by atoms with Crippen LogP contribution in [-0.2, 0) is 0 Å². The van der Waals surface area contributed by atoms with Gasteiger partial charge in [-0.2, -0.15) is 0 Å². The molecule has 0 unspecified atom stereocenters. The summed E-state index contributed by atoms with van der Waals surface area (Å²) in [7, 11) is 1.69. The normalized spacial score (nSPS) is 11.1. The van der Waals surface area contributed by atoms with E-state index in [4.69, 9.17) is 9.72 Å². The first kappa shape index (κ1) is 20.1. The molecule has 0 aliphatic rings. The molecule has 0 saturated carbocycles. The fourth-order valence-electron chi connectivity index (χ4n) is 4.44. The third kappa shape index (κ3) is 3.46. The number of H-pyrrole nitrogens is 1. The number of nitrogens with zero attached hydrogens (tertiary/aromatic N) is 2. The molecule has 6 aromatic rings. The molecule has 1 N–H and O–H groups in total. The molecular formula is C30H23N3O. The zero-order chi connectivity index (χ0) is 22.9. The monoisotopic (exact) mass is 441 g/mol. The van der Waals surface area contributed by atoms with Gasteiger partial charge in [0.05, 0.1) is 24.2 Å². The lowest BCUT2D eigenvalue weighted by Crippen LogP contribution is -2.00. The minimum Gasteiger partial charge on any atom is -0.497 e. The number of imidazole rings is 1. The average molecular weight is 442 g/mol. The van der Waals surface area contributed by atoms with E-state index < -0.39 is 0 Å². The number of nitrogens with one attached hydrogen (secondary N) is 1. The van der Waals surface area contributed by atoms with Gasteiger partial charge in [0.2, 0.25) is 0 Å². The first-order valence-corrected chi connectivity index (χ1v) is 11.3. The highest BCUT2D eigenvalue weighted by Crippen LogP contribution is 2.39. The van der Waals surface area contributed by atoms with Gasteiger partial charge in [-0.15, -0.1) is 0 Å². The number of rotatable bonds is 5. The number of hydrogen-bond donors (Lipinski definition) is 1. The van der Waals surface area contributed by atoms with Crippen LogP contribution in [0.5, 0.6) is 5.75 Å². The standard InChI is InChI=1S/C30H23N3O/c1-34-25-18-16-24(17-19-25)33-29(22-12-6-3-7-13-22)28(21-10-4-2-5-11-21)32-30(33)27-20-23-14-8-9-15-26(23)31-27/h2-20,31H,1H3. The number of fused-ring (bicyclic) bond motifs is 1. The van der Waals surface area contributed by atoms with Crippen LogP contribution in [0.3, 0.4) is 0 Å². The predicted octanol–water partition coefficient (Wildman–Crippen LogP) is 7.36. The van der Waals surface area contributed by atoms with Gasteiger partial charge in [-0.05, 0) is 36.4 Å². The van der Waals surface area contributed by atoms with Crippen molar-refractivity contribution in [1.29, 1.82) is 0 Å². The molecule has 4 heteroatoms. The van der Waals surface area contributed by atoms with Gasteiger partial charge >= 0.3 is 0 Å². The van der Waals surface area contributed by atoms with Crippen molar-refractivity contribution < 1.29 is 4.74 Å². The molecule has 0 saturated heterocycles. The Morgan fingerprint density at radius 1 is 0.706 bits per heavy atom. The van der Waals surface area contributed by atoms with Crippen LogP contribution >= 0.6 is 0 Å². The number of para-hydroxylation sites is 1. The highest BCUT2D eigenvalue weighted by atomic mass is 16.5. The van der Waals surface area contributed by atoms with E-state index in [1.54, 1.807) is 7.11 Å². The van der Waals surface area contributed by atoms with E-state index in [9.17, 15) is 0 Å². The van der Waals surface area contributed by atoms with E-state index in [-0.39, 0.29) is 0 Å². The largest absolute Gasteiger partial charge is 0.497 e. The van der Waals surface area contributed by atoms with Crippen LogP contribution in [0.1, 0.15) is 0 Å². The molecule has 2 aromatic heterocycles. The SMILES string of the molecule is COc1ccc(-n2c(-c3cc4ccccc4[nH]3)nc(-c3ccccc3)c2-c2ccccc2)cc1. The lowest BCUT2D eigenvalue weighted by molar-refractivity contribution is 0.415. The van der Waals surface area contributed by atoms with Crippen LogP contribution in [0.4, 0.5) is 0 Å². The molecule has 0 amide bonds. The molecule has 4 nitrogen and oxygen atoms in total. The summed E-state index contributed by atoms with van der Waals surface area (Å²) in [4.78, 5) is 8.82. The number of methoxy groups -OCH3 is 1. The quantitative estimate of drug-likeness (QED) is 0.304. The summed E-state index contributed by atoms with van der Waals surface area (Å²) >= 11 is 0. The number of benzene rings is 4. The second kappa shape index (κ2) is 8.41. The van der Waals surface area contributed by atoms with Gasteiger partial charge in [0.25, 0.3) is 0 Å². The predicted molar refractivity (Wildman–Crippen MR) is 138 cm³/mol. The molecule has 2 heterocycles. The zero-order valence-electron chi connectivity index (χ0n) is 18.8. The maximum Gasteiger partial charge on any atom is 0.162 e. The van der Waals surface area contributed by atoms with Gasteiger partial charge in [-0.1, -0.05) is 78.9 Å². The van der Waals surface area contributed by atoms with Crippen molar-refractivity contribution in [1.82, 2.24) is 14.5 Å². The number of ether oxygens (including phenoxy) is 1. The Hall–Kier alpha value is -4.57. The third-order valence-corrected chi connectivity index (χ3v) is 6.07. The highest BCUT2D eigenvalue weighted by molar-refractivity contribution is 5.88. The second-order valence-electron chi connectivity index (χ2n) is 8.17. The Kier molecular flexibility index (Phi) is 4.96. The van der Waals surface area contributed by atoms with E-state index >= 15 is 0 Å². The highest BCUT2D eigenvalue weighted by Gasteiger charge is 2.23. The summed E-state index contributed by atoms with van der Waals surface area (Å²) in [6.07, 6.45) is 0. The van der Waals surface area contributed by atoms with Crippen molar-refractivity contribution in [2.24, 2.45) is 0 Å². The molecule has 34 heavy (non-hydrogen) atoms. The van der Waals surface area contributed by atoms with Gasteiger partial charge in [0, 0.05) is 27.7 Å². The Bertz CT molecular complexity index is 1530. The summed E-state index contributed by atoms with van der Waals surface area (Å²) < 4.78 is 7.66. The van der Waals surface area contributed by atoms with Gasteiger partial charge < -0.3 is 9.72 Å². The van der Waals surface area contributed by atoms with Gasteiger partial charge in [-0.3, -0.25) is 4.57 Å². The Labute approximate surface area is 198 Å². The fourth-order valence-corrected chi connectivity index (χ4v) is 4.44. The van der Waals surface area contributed by atoms with E-state index in [0.29, 0.717) is 0 Å². The van der Waals surface area contributed by atoms with E-state index in [1.807, 2.05) is 30.3 Å². The molecule has 0 radical (unpaired) electrons. The van der Waals surface area contributed by atoms with Crippen molar-refractivity contribution >= 4 is 10.9 Å². The summed E-state index contributed by atoms with van der Waals surface area (Å²) in [5, 5.41) is 1.16. The molecule has 0 bridgehead atoms. The molecular weight excluding hydrogens is 418 g/mol.